The number of carbonyl (C=O) groups excluding carboxylic acids is 1. The average molecular weight is 406 g/mol. The number of carbonyl (C=O) groups is 1. The molecule has 0 saturated carbocycles. The van der Waals surface area contributed by atoms with Crippen LogP contribution < -0.4 is 0 Å². The lowest BCUT2D eigenvalue weighted by molar-refractivity contribution is 0.0985. The van der Waals surface area contributed by atoms with E-state index in [0.29, 0.717) is 13.1 Å². The molecule has 30 heavy (non-hydrogen) atoms. The van der Waals surface area contributed by atoms with E-state index < -0.39 is 23.1 Å². The summed E-state index contributed by atoms with van der Waals surface area (Å²) in [6.07, 6.45) is 0. The summed E-state index contributed by atoms with van der Waals surface area (Å²) in [6, 6.07) is 19.3. The molecule has 6 heteroatoms. The van der Waals surface area contributed by atoms with E-state index in [1.165, 1.54) is 6.07 Å². The number of benzene rings is 3. The molecule has 0 saturated heterocycles. The minimum atomic E-state index is -1.01. The van der Waals surface area contributed by atoms with Gasteiger partial charge in [0.05, 0.1) is 6.61 Å². The highest BCUT2D eigenvalue weighted by Crippen LogP contribution is 2.32. The fraction of sp³-hybridized carbons (Fsp3) is 0.167. The van der Waals surface area contributed by atoms with E-state index in [1.807, 2.05) is 41.3 Å². The van der Waals surface area contributed by atoms with Gasteiger partial charge in [0.25, 0.3) is 11.9 Å². The second-order valence-corrected chi connectivity index (χ2v) is 6.90. The monoisotopic (exact) mass is 406 g/mol. The smallest absolute Gasteiger partial charge is 0.296 e. The van der Waals surface area contributed by atoms with Gasteiger partial charge in [0.1, 0.15) is 17.2 Å². The highest BCUT2D eigenvalue weighted by Gasteiger charge is 2.24. The molecule has 0 bridgehead atoms. The summed E-state index contributed by atoms with van der Waals surface area (Å²) in [7, 11) is 0. The van der Waals surface area contributed by atoms with Crippen LogP contribution in [0.15, 0.2) is 71.7 Å². The van der Waals surface area contributed by atoms with Crippen molar-refractivity contribution in [1.82, 2.24) is 4.90 Å². The molecule has 3 aromatic carbocycles. The van der Waals surface area contributed by atoms with Gasteiger partial charge in [0.2, 0.25) is 0 Å². The standard InChI is InChI=1S/C24H20F2N2O2/c1-2-30-24(27-23(29)22-20(25)12-7-13-21(22)26)28-14-16-8-3-5-10-18(16)19-11-6-4-9-17(19)15-28/h3-13H,2,14-15H2,1H3/b27-24-. The van der Waals surface area contributed by atoms with Crippen LogP contribution in [0.5, 0.6) is 0 Å². The summed E-state index contributed by atoms with van der Waals surface area (Å²) in [5.41, 5.74) is 3.58. The van der Waals surface area contributed by atoms with E-state index >= 15 is 0 Å². The van der Waals surface area contributed by atoms with E-state index in [1.54, 1.807) is 6.92 Å². The summed E-state index contributed by atoms with van der Waals surface area (Å²) >= 11 is 0. The van der Waals surface area contributed by atoms with Crippen LogP contribution in [0.25, 0.3) is 11.1 Å². The molecule has 1 amide bonds. The molecule has 1 aliphatic heterocycles. The van der Waals surface area contributed by atoms with Gasteiger partial charge in [-0.3, -0.25) is 4.79 Å². The predicted molar refractivity (Wildman–Crippen MR) is 111 cm³/mol. The SMILES string of the molecule is CCO/C(=N\C(=O)c1c(F)cccc1F)N1Cc2ccccc2-c2ccccc2C1. The molecule has 0 aliphatic carbocycles. The maximum atomic E-state index is 14.1. The van der Waals surface area contributed by atoms with Crippen LogP contribution in [0.2, 0.25) is 0 Å². The Bertz CT molecular complexity index is 1060. The Morgan fingerprint density at radius 2 is 1.43 bits per heavy atom. The zero-order chi connectivity index (χ0) is 21.1. The third-order valence-corrected chi connectivity index (χ3v) is 4.97. The van der Waals surface area contributed by atoms with Crippen molar-refractivity contribution in [3.63, 3.8) is 0 Å². The Morgan fingerprint density at radius 1 is 0.900 bits per heavy atom. The number of hydrogen-bond acceptors (Lipinski definition) is 2. The first-order valence-corrected chi connectivity index (χ1v) is 9.69. The van der Waals surface area contributed by atoms with Crippen LogP contribution in [0.4, 0.5) is 8.78 Å². The van der Waals surface area contributed by atoms with Gasteiger partial charge in [-0.2, -0.15) is 4.99 Å². The van der Waals surface area contributed by atoms with Crippen LogP contribution in [-0.4, -0.2) is 23.4 Å². The Morgan fingerprint density at radius 3 is 1.97 bits per heavy atom. The van der Waals surface area contributed by atoms with Gasteiger partial charge in [0, 0.05) is 13.1 Å². The van der Waals surface area contributed by atoms with Gasteiger partial charge in [-0.1, -0.05) is 54.6 Å². The molecule has 4 rings (SSSR count). The molecule has 1 aliphatic rings. The first-order valence-electron chi connectivity index (χ1n) is 9.69. The first kappa shape index (κ1) is 19.8. The largest absolute Gasteiger partial charge is 0.465 e. The number of hydrogen-bond donors (Lipinski definition) is 0. The summed E-state index contributed by atoms with van der Waals surface area (Å²) in [6.45, 7) is 2.91. The Kier molecular flexibility index (Phi) is 5.57. The van der Waals surface area contributed by atoms with Gasteiger partial charge in [-0.15, -0.1) is 0 Å². The van der Waals surface area contributed by atoms with Crippen molar-refractivity contribution in [3.8, 4) is 11.1 Å². The number of amides is 1. The number of halogens is 2. The fourth-order valence-corrected chi connectivity index (χ4v) is 3.61. The third-order valence-electron chi connectivity index (χ3n) is 4.97. The van der Waals surface area contributed by atoms with Crippen molar-refractivity contribution in [2.24, 2.45) is 4.99 Å². The summed E-state index contributed by atoms with van der Waals surface area (Å²) in [4.78, 5) is 18.4. The number of amidine groups is 1. The number of aliphatic imine (C=N–C) groups is 1. The quantitative estimate of drug-likeness (QED) is 0.435. The Labute approximate surface area is 173 Å². The maximum Gasteiger partial charge on any atom is 0.296 e. The number of nitrogens with zero attached hydrogens (tertiary/aromatic N) is 2. The van der Waals surface area contributed by atoms with Gasteiger partial charge in [0.15, 0.2) is 0 Å². The molecule has 0 fully saturated rings. The molecular weight excluding hydrogens is 386 g/mol. The lowest BCUT2D eigenvalue weighted by atomic mass is 9.97. The minimum Gasteiger partial charge on any atom is -0.465 e. The van der Waals surface area contributed by atoms with E-state index in [4.69, 9.17) is 4.74 Å². The molecule has 3 aromatic rings. The highest BCUT2D eigenvalue weighted by molar-refractivity contribution is 6.01. The third kappa shape index (κ3) is 3.81. The Hall–Kier alpha value is -3.54. The van der Waals surface area contributed by atoms with E-state index in [0.717, 1.165) is 34.4 Å². The number of fused-ring (bicyclic) bond motifs is 3. The van der Waals surface area contributed by atoms with E-state index in [2.05, 4.69) is 17.1 Å². The van der Waals surface area contributed by atoms with Crippen molar-refractivity contribution in [3.05, 3.63) is 95.1 Å². The molecular formula is C24H20F2N2O2. The zero-order valence-corrected chi connectivity index (χ0v) is 16.4. The topological polar surface area (TPSA) is 41.9 Å². The predicted octanol–water partition coefficient (Wildman–Crippen LogP) is 5.18. The molecule has 1 heterocycles. The van der Waals surface area contributed by atoms with Gasteiger partial charge < -0.3 is 9.64 Å². The summed E-state index contributed by atoms with van der Waals surface area (Å²) in [5.74, 6) is -2.92. The number of ether oxygens (including phenoxy) is 1. The highest BCUT2D eigenvalue weighted by atomic mass is 19.1. The molecule has 0 radical (unpaired) electrons. The van der Waals surface area contributed by atoms with Gasteiger partial charge >= 0.3 is 0 Å². The van der Waals surface area contributed by atoms with Crippen LogP contribution in [0, 0.1) is 11.6 Å². The van der Waals surface area contributed by atoms with Crippen molar-refractivity contribution in [2.45, 2.75) is 20.0 Å². The normalized spacial score (nSPS) is 13.3. The second kappa shape index (κ2) is 8.45. The molecule has 4 nitrogen and oxygen atoms in total. The average Bonchev–Trinajstić information content (AvgIpc) is 2.90. The molecule has 0 atom stereocenters. The van der Waals surface area contributed by atoms with Crippen LogP contribution >= 0.6 is 0 Å². The molecule has 0 aromatic heterocycles. The lowest BCUT2D eigenvalue weighted by Crippen LogP contribution is -2.32. The van der Waals surface area contributed by atoms with Crippen LogP contribution in [0.1, 0.15) is 28.4 Å². The summed E-state index contributed by atoms with van der Waals surface area (Å²) in [5, 5.41) is 0. The molecule has 152 valence electrons. The summed E-state index contributed by atoms with van der Waals surface area (Å²) < 4.78 is 33.8. The maximum absolute atomic E-state index is 14.1. The molecule has 0 spiro atoms. The second-order valence-electron chi connectivity index (χ2n) is 6.90. The van der Waals surface area contributed by atoms with Crippen LogP contribution in [-0.2, 0) is 17.8 Å². The molecule has 0 unspecified atom stereocenters. The number of rotatable bonds is 2. The van der Waals surface area contributed by atoms with E-state index in [9.17, 15) is 13.6 Å². The van der Waals surface area contributed by atoms with Gasteiger partial charge in [-0.05, 0) is 41.3 Å². The Balaban J connectivity index is 1.77. The zero-order valence-electron chi connectivity index (χ0n) is 16.4. The first-order chi connectivity index (χ1) is 14.6. The van der Waals surface area contributed by atoms with E-state index in [-0.39, 0.29) is 12.6 Å². The van der Waals surface area contributed by atoms with Crippen LogP contribution in [0.3, 0.4) is 0 Å². The van der Waals surface area contributed by atoms with Crippen molar-refractivity contribution in [2.75, 3.05) is 6.61 Å². The van der Waals surface area contributed by atoms with Crippen molar-refractivity contribution in [1.29, 1.82) is 0 Å². The van der Waals surface area contributed by atoms with Crippen molar-refractivity contribution < 1.29 is 18.3 Å². The lowest BCUT2D eigenvalue weighted by Gasteiger charge is -2.24. The fourth-order valence-electron chi connectivity index (χ4n) is 3.61. The van der Waals surface area contributed by atoms with Crippen molar-refractivity contribution >= 4 is 11.9 Å². The molecule has 0 N–H and O–H groups in total. The van der Waals surface area contributed by atoms with Gasteiger partial charge in [-0.25, -0.2) is 8.78 Å². The minimum absolute atomic E-state index is 0.0386.